The second kappa shape index (κ2) is 6.95. The van der Waals surface area contributed by atoms with Gasteiger partial charge in [0.25, 0.3) is 0 Å². The summed E-state index contributed by atoms with van der Waals surface area (Å²) in [7, 11) is 2.95. The molecule has 0 aliphatic carbocycles. The van der Waals surface area contributed by atoms with Crippen LogP contribution in [0.4, 0.5) is 0 Å². The Morgan fingerprint density at radius 1 is 1.19 bits per heavy atom. The van der Waals surface area contributed by atoms with Crippen molar-refractivity contribution in [2.24, 2.45) is 5.73 Å². The van der Waals surface area contributed by atoms with Crippen LogP contribution >= 0.6 is 0 Å². The number of nitrogens with two attached hydrogens (primary N) is 1. The molecule has 5 heteroatoms. The van der Waals surface area contributed by atoms with Gasteiger partial charge in [-0.1, -0.05) is 12.1 Å². The van der Waals surface area contributed by atoms with Gasteiger partial charge in [0, 0.05) is 0 Å². The monoisotopic (exact) mass is 289 g/mol. The maximum atomic E-state index is 11.3. The van der Waals surface area contributed by atoms with Crippen molar-refractivity contribution >= 4 is 5.97 Å². The Hall–Kier alpha value is -2.27. The number of furan rings is 1. The summed E-state index contributed by atoms with van der Waals surface area (Å²) in [5.41, 5.74) is 7.26. The highest BCUT2D eigenvalue weighted by Crippen LogP contribution is 2.21. The molecule has 1 unspecified atom stereocenters. The van der Waals surface area contributed by atoms with E-state index in [2.05, 4.69) is 4.74 Å². The number of carbonyl (C=O) groups excluding carboxylic acids is 1. The Kier molecular flexibility index (Phi) is 5.00. The first-order chi connectivity index (χ1) is 10.1. The quantitative estimate of drug-likeness (QED) is 0.828. The topological polar surface area (TPSA) is 74.7 Å². The molecule has 1 atom stereocenters. The summed E-state index contributed by atoms with van der Waals surface area (Å²) in [4.78, 5) is 11.3. The Bertz CT molecular complexity index is 589. The van der Waals surface area contributed by atoms with Crippen LogP contribution in [-0.2, 0) is 11.2 Å². The van der Waals surface area contributed by atoms with Gasteiger partial charge in [0.05, 0.1) is 20.3 Å². The normalized spacial score (nSPS) is 12.0. The van der Waals surface area contributed by atoms with E-state index < -0.39 is 5.97 Å². The Morgan fingerprint density at radius 3 is 2.52 bits per heavy atom. The summed E-state index contributed by atoms with van der Waals surface area (Å²) in [6.07, 6.45) is 1.54. The number of hydrogen-bond donors (Lipinski definition) is 1. The van der Waals surface area contributed by atoms with E-state index in [9.17, 15) is 4.79 Å². The predicted octanol–water partition coefficient (Wildman–Crippen LogP) is 2.71. The first-order valence-corrected chi connectivity index (χ1v) is 6.70. The molecular weight excluding hydrogens is 270 g/mol. The van der Waals surface area contributed by atoms with Crippen molar-refractivity contribution in [1.82, 2.24) is 0 Å². The van der Waals surface area contributed by atoms with Gasteiger partial charge in [0.15, 0.2) is 0 Å². The fraction of sp³-hybridized carbons (Fsp3) is 0.312. The maximum Gasteiger partial charge on any atom is 0.373 e. The molecule has 0 fully saturated rings. The SMILES string of the molecule is COC(=O)c1ccc(C(N)CCc2ccc(OC)cc2)o1. The molecule has 1 aromatic carbocycles. The van der Waals surface area contributed by atoms with Crippen LogP contribution in [0.15, 0.2) is 40.8 Å². The summed E-state index contributed by atoms with van der Waals surface area (Å²) in [5.74, 6) is 1.09. The van der Waals surface area contributed by atoms with E-state index in [-0.39, 0.29) is 11.8 Å². The van der Waals surface area contributed by atoms with Crippen molar-refractivity contribution in [2.75, 3.05) is 14.2 Å². The minimum Gasteiger partial charge on any atom is -0.497 e. The van der Waals surface area contributed by atoms with Crippen LogP contribution in [0.2, 0.25) is 0 Å². The second-order valence-electron chi connectivity index (χ2n) is 4.69. The standard InChI is InChI=1S/C16H19NO4/c1-19-12-6-3-11(4-7-12)5-8-13(17)14-9-10-15(21-14)16(18)20-2/h3-4,6-7,9-10,13H,5,8,17H2,1-2H3. The molecule has 0 amide bonds. The lowest BCUT2D eigenvalue weighted by atomic mass is 10.0. The van der Waals surface area contributed by atoms with Gasteiger partial charge in [-0.3, -0.25) is 0 Å². The summed E-state index contributed by atoms with van der Waals surface area (Å²) in [5, 5.41) is 0. The molecule has 0 aliphatic heterocycles. The number of esters is 1. The molecule has 2 aromatic rings. The summed E-state index contributed by atoms with van der Waals surface area (Å²) in [6.45, 7) is 0. The number of carbonyl (C=O) groups is 1. The van der Waals surface area contributed by atoms with Crippen LogP contribution in [-0.4, -0.2) is 20.2 Å². The van der Waals surface area contributed by atoms with E-state index in [0.29, 0.717) is 5.76 Å². The fourth-order valence-electron chi connectivity index (χ4n) is 2.02. The van der Waals surface area contributed by atoms with Crippen molar-refractivity contribution in [1.29, 1.82) is 0 Å². The van der Waals surface area contributed by atoms with Crippen LogP contribution in [0.1, 0.15) is 34.3 Å². The molecule has 112 valence electrons. The van der Waals surface area contributed by atoms with E-state index in [1.807, 2.05) is 24.3 Å². The van der Waals surface area contributed by atoms with Gasteiger partial charge in [0.1, 0.15) is 11.5 Å². The predicted molar refractivity (Wildman–Crippen MR) is 78.3 cm³/mol. The van der Waals surface area contributed by atoms with Crippen LogP contribution in [0.3, 0.4) is 0 Å². The van der Waals surface area contributed by atoms with Gasteiger partial charge >= 0.3 is 5.97 Å². The summed E-state index contributed by atoms with van der Waals surface area (Å²) in [6, 6.07) is 10.9. The van der Waals surface area contributed by atoms with E-state index >= 15 is 0 Å². The molecule has 0 aliphatic rings. The molecule has 5 nitrogen and oxygen atoms in total. The molecule has 1 aromatic heterocycles. The lowest BCUT2D eigenvalue weighted by Gasteiger charge is -2.09. The van der Waals surface area contributed by atoms with Gasteiger partial charge in [-0.05, 0) is 42.7 Å². The summed E-state index contributed by atoms with van der Waals surface area (Å²) >= 11 is 0. The number of methoxy groups -OCH3 is 2. The minimum atomic E-state index is -0.497. The third-order valence-electron chi connectivity index (χ3n) is 3.28. The molecule has 0 bridgehead atoms. The number of ether oxygens (including phenoxy) is 2. The molecule has 0 saturated heterocycles. The van der Waals surface area contributed by atoms with E-state index in [0.717, 1.165) is 18.6 Å². The highest BCUT2D eigenvalue weighted by Gasteiger charge is 2.15. The molecule has 0 radical (unpaired) electrons. The van der Waals surface area contributed by atoms with Crippen molar-refractivity contribution in [2.45, 2.75) is 18.9 Å². The first kappa shape index (κ1) is 15.1. The lowest BCUT2D eigenvalue weighted by molar-refractivity contribution is 0.0562. The van der Waals surface area contributed by atoms with Gasteiger partial charge in [-0.15, -0.1) is 0 Å². The van der Waals surface area contributed by atoms with Crippen molar-refractivity contribution < 1.29 is 18.7 Å². The van der Waals surface area contributed by atoms with E-state index in [1.165, 1.54) is 12.7 Å². The van der Waals surface area contributed by atoms with Crippen molar-refractivity contribution in [3.63, 3.8) is 0 Å². The zero-order valence-corrected chi connectivity index (χ0v) is 12.2. The van der Waals surface area contributed by atoms with Crippen LogP contribution < -0.4 is 10.5 Å². The van der Waals surface area contributed by atoms with Gasteiger partial charge < -0.3 is 19.6 Å². The fourth-order valence-corrected chi connectivity index (χ4v) is 2.02. The average molecular weight is 289 g/mol. The largest absolute Gasteiger partial charge is 0.497 e. The molecule has 0 spiro atoms. The van der Waals surface area contributed by atoms with Crippen LogP contribution in [0.25, 0.3) is 0 Å². The molecule has 2 rings (SSSR count). The zero-order valence-electron chi connectivity index (χ0n) is 12.2. The lowest BCUT2D eigenvalue weighted by Crippen LogP contribution is -2.10. The average Bonchev–Trinajstić information content (AvgIpc) is 3.02. The zero-order chi connectivity index (χ0) is 15.2. The maximum absolute atomic E-state index is 11.3. The van der Waals surface area contributed by atoms with E-state index in [1.54, 1.807) is 19.2 Å². The Labute approximate surface area is 123 Å². The van der Waals surface area contributed by atoms with E-state index in [4.69, 9.17) is 14.9 Å². The van der Waals surface area contributed by atoms with Crippen LogP contribution in [0.5, 0.6) is 5.75 Å². The highest BCUT2D eigenvalue weighted by atomic mass is 16.5. The Morgan fingerprint density at radius 2 is 1.90 bits per heavy atom. The number of rotatable bonds is 6. The third-order valence-corrected chi connectivity index (χ3v) is 3.28. The van der Waals surface area contributed by atoms with Gasteiger partial charge in [0.2, 0.25) is 5.76 Å². The molecule has 21 heavy (non-hydrogen) atoms. The molecule has 1 heterocycles. The van der Waals surface area contributed by atoms with Crippen molar-refractivity contribution in [3.05, 3.63) is 53.5 Å². The van der Waals surface area contributed by atoms with Crippen molar-refractivity contribution in [3.8, 4) is 5.75 Å². The highest BCUT2D eigenvalue weighted by molar-refractivity contribution is 5.86. The van der Waals surface area contributed by atoms with Gasteiger partial charge in [-0.2, -0.15) is 0 Å². The smallest absolute Gasteiger partial charge is 0.373 e. The molecule has 0 saturated carbocycles. The molecule has 2 N–H and O–H groups in total. The second-order valence-corrected chi connectivity index (χ2v) is 4.69. The Balaban J connectivity index is 1.93. The van der Waals surface area contributed by atoms with Crippen LogP contribution in [0, 0.1) is 0 Å². The number of aryl methyl sites for hydroxylation is 1. The minimum absolute atomic E-state index is 0.174. The van der Waals surface area contributed by atoms with Gasteiger partial charge in [-0.25, -0.2) is 4.79 Å². The number of benzene rings is 1. The molecular formula is C16H19NO4. The first-order valence-electron chi connectivity index (χ1n) is 6.70. The third kappa shape index (κ3) is 3.86. The summed E-state index contributed by atoms with van der Waals surface area (Å²) < 4.78 is 15.1. The number of hydrogen-bond acceptors (Lipinski definition) is 5.